The van der Waals surface area contributed by atoms with Gasteiger partial charge in [0.25, 0.3) is 0 Å². The molecule has 4 rings (SSSR count). The fourth-order valence-electron chi connectivity index (χ4n) is 4.26. The molecule has 0 radical (unpaired) electrons. The summed E-state index contributed by atoms with van der Waals surface area (Å²) < 4.78 is 1.33. The number of rotatable bonds is 4. The molecule has 1 aromatic carbocycles. The van der Waals surface area contributed by atoms with Gasteiger partial charge in [0.2, 0.25) is 0 Å². The number of nitrogens with zero attached hydrogens (tertiary/aromatic N) is 3. The molecule has 3 heterocycles. The van der Waals surface area contributed by atoms with Crippen LogP contribution in [0.25, 0.3) is 0 Å². The Balaban J connectivity index is 1.74. The third-order valence-corrected chi connectivity index (χ3v) is 8.15. The van der Waals surface area contributed by atoms with Crippen molar-refractivity contribution >= 4 is 67.8 Å². The minimum Gasteiger partial charge on any atom is -0.381 e. The Labute approximate surface area is 204 Å². The highest BCUT2D eigenvalue weighted by atomic mass is 79.9. The fraction of sp³-hybridized carbons (Fsp3) is 0.429. The third kappa shape index (κ3) is 4.51. The van der Waals surface area contributed by atoms with Crippen molar-refractivity contribution in [3.05, 3.63) is 49.0 Å². The van der Waals surface area contributed by atoms with Crippen molar-refractivity contribution in [2.45, 2.75) is 37.8 Å². The van der Waals surface area contributed by atoms with Crippen molar-refractivity contribution in [2.75, 3.05) is 25.1 Å². The van der Waals surface area contributed by atoms with Gasteiger partial charge in [-0.3, -0.25) is 9.80 Å². The van der Waals surface area contributed by atoms with E-state index in [0.29, 0.717) is 20.3 Å². The molecule has 0 bridgehead atoms. The van der Waals surface area contributed by atoms with E-state index in [1.807, 2.05) is 18.5 Å². The van der Waals surface area contributed by atoms with Crippen LogP contribution in [0.1, 0.15) is 37.1 Å². The monoisotopic (exact) mass is 545 g/mol. The van der Waals surface area contributed by atoms with Crippen molar-refractivity contribution in [1.29, 1.82) is 0 Å². The van der Waals surface area contributed by atoms with E-state index in [9.17, 15) is 9.90 Å². The SMILES string of the molecule is C[C@@]1(O)C(C(=O)N[N+]2(C)CCCCC2)=NN(c2ccc(Cl)cc2Cl)[C@H]1c1cc(Br)cs1. The molecule has 0 spiro atoms. The molecule has 10 heteroatoms. The molecule has 2 aromatic rings. The van der Waals surface area contributed by atoms with Gasteiger partial charge in [0.15, 0.2) is 5.71 Å². The molecule has 1 saturated heterocycles. The molecule has 31 heavy (non-hydrogen) atoms. The normalized spacial score (nSPS) is 25.4. The van der Waals surface area contributed by atoms with Gasteiger partial charge in [0.1, 0.15) is 24.7 Å². The van der Waals surface area contributed by atoms with E-state index in [-0.39, 0.29) is 11.6 Å². The van der Waals surface area contributed by atoms with E-state index >= 15 is 0 Å². The second kappa shape index (κ2) is 8.65. The number of amides is 1. The molecule has 1 aromatic heterocycles. The molecule has 2 aliphatic heterocycles. The van der Waals surface area contributed by atoms with E-state index in [1.165, 1.54) is 17.8 Å². The molecule has 0 saturated carbocycles. The van der Waals surface area contributed by atoms with Gasteiger partial charge < -0.3 is 5.11 Å². The Kier molecular flexibility index (Phi) is 6.42. The van der Waals surface area contributed by atoms with Crippen LogP contribution in [0.3, 0.4) is 0 Å². The number of benzene rings is 1. The first-order valence-electron chi connectivity index (χ1n) is 10.1. The predicted molar refractivity (Wildman–Crippen MR) is 130 cm³/mol. The molecule has 1 fully saturated rings. The van der Waals surface area contributed by atoms with Crippen LogP contribution in [0.2, 0.25) is 10.0 Å². The molecular formula is C21H24BrCl2N4O2S+. The summed E-state index contributed by atoms with van der Waals surface area (Å²) in [6.45, 7) is 3.34. The highest BCUT2D eigenvalue weighted by molar-refractivity contribution is 9.10. The number of halogens is 3. The third-order valence-electron chi connectivity index (χ3n) is 5.87. The summed E-state index contributed by atoms with van der Waals surface area (Å²) in [7, 11) is 2.00. The second-order valence-electron chi connectivity index (χ2n) is 8.45. The lowest BCUT2D eigenvalue weighted by molar-refractivity contribution is -0.947. The molecular weight excluding hydrogens is 523 g/mol. The van der Waals surface area contributed by atoms with Gasteiger partial charge in [-0.2, -0.15) is 10.5 Å². The highest BCUT2D eigenvalue weighted by Gasteiger charge is 2.52. The summed E-state index contributed by atoms with van der Waals surface area (Å²) in [5.41, 5.74) is 2.19. The number of likely N-dealkylation sites (tertiary alicyclic amines) is 1. The summed E-state index contributed by atoms with van der Waals surface area (Å²) >= 11 is 17.5. The maximum Gasteiger partial charge on any atom is 0.315 e. The summed E-state index contributed by atoms with van der Waals surface area (Å²) in [5, 5.41) is 20.7. The number of thiophene rings is 1. The number of piperidine rings is 1. The topological polar surface area (TPSA) is 64.9 Å². The minimum absolute atomic E-state index is 0.0676. The summed E-state index contributed by atoms with van der Waals surface area (Å²) in [6.07, 6.45) is 3.27. The summed E-state index contributed by atoms with van der Waals surface area (Å²) in [5.74, 6) is -0.373. The van der Waals surface area contributed by atoms with Crippen LogP contribution in [0, 0.1) is 0 Å². The lowest BCUT2D eigenvalue weighted by Crippen LogP contribution is -2.62. The first-order valence-corrected chi connectivity index (χ1v) is 12.5. The fourth-order valence-corrected chi connectivity index (χ4v) is 6.40. The Hall–Kier alpha value is -1.16. The average Bonchev–Trinajstić information content (AvgIpc) is 3.21. The Morgan fingerprint density at radius 1 is 1.32 bits per heavy atom. The maximum atomic E-state index is 13.3. The van der Waals surface area contributed by atoms with Crippen molar-refractivity contribution in [3.8, 4) is 0 Å². The zero-order chi connectivity index (χ0) is 22.4. The van der Waals surface area contributed by atoms with Gasteiger partial charge in [0, 0.05) is 19.8 Å². The number of hydrogen-bond donors (Lipinski definition) is 2. The van der Waals surface area contributed by atoms with Gasteiger partial charge in [-0.25, -0.2) is 4.59 Å². The Morgan fingerprint density at radius 3 is 2.65 bits per heavy atom. The molecule has 1 amide bonds. The van der Waals surface area contributed by atoms with Crippen LogP contribution in [-0.2, 0) is 4.79 Å². The zero-order valence-corrected chi connectivity index (χ0v) is 21.2. The van der Waals surface area contributed by atoms with Crippen LogP contribution < -0.4 is 10.4 Å². The maximum absolute atomic E-state index is 13.3. The second-order valence-corrected chi connectivity index (χ2v) is 11.2. The standard InChI is InChI=1S/C21H23BrCl2N4O2S/c1-21(30)18(20(29)26-28(2)8-4-3-5-9-28)25-27(16-7-6-14(23)11-15(16)24)19(21)17-10-13(22)12-31-17/h6-7,10-12,19,30H,3-5,8-9H2,1-2H3/p+1/t19-,21+/m0/s1. The van der Waals surface area contributed by atoms with E-state index < -0.39 is 11.6 Å². The lowest BCUT2D eigenvalue weighted by Gasteiger charge is -2.37. The van der Waals surface area contributed by atoms with Crippen LogP contribution in [0.4, 0.5) is 5.69 Å². The first kappa shape index (κ1) is 23.0. The lowest BCUT2D eigenvalue weighted by atomic mass is 9.90. The minimum atomic E-state index is -1.54. The number of anilines is 1. The van der Waals surface area contributed by atoms with Gasteiger partial charge in [-0.05, 0) is 66.4 Å². The van der Waals surface area contributed by atoms with Crippen molar-refractivity contribution in [3.63, 3.8) is 0 Å². The molecule has 6 nitrogen and oxygen atoms in total. The molecule has 0 unspecified atom stereocenters. The van der Waals surface area contributed by atoms with Gasteiger partial charge >= 0.3 is 5.91 Å². The van der Waals surface area contributed by atoms with E-state index in [4.69, 9.17) is 23.2 Å². The number of quaternary nitrogens is 1. The number of hydrogen-bond acceptors (Lipinski definition) is 5. The number of aliphatic hydroxyl groups is 1. The Morgan fingerprint density at radius 2 is 2.03 bits per heavy atom. The van der Waals surface area contributed by atoms with Crippen LogP contribution in [0.5, 0.6) is 0 Å². The van der Waals surface area contributed by atoms with Gasteiger partial charge in [0.05, 0.1) is 17.8 Å². The summed E-state index contributed by atoms with van der Waals surface area (Å²) in [4.78, 5) is 14.2. The number of nitrogens with one attached hydrogen (secondary N) is 1. The molecule has 0 aliphatic carbocycles. The van der Waals surface area contributed by atoms with Crippen molar-refractivity contribution < 1.29 is 14.5 Å². The van der Waals surface area contributed by atoms with Crippen LogP contribution in [-0.4, -0.2) is 47.1 Å². The van der Waals surface area contributed by atoms with Crippen molar-refractivity contribution in [1.82, 2.24) is 5.43 Å². The van der Waals surface area contributed by atoms with Crippen LogP contribution in [0.15, 0.2) is 39.2 Å². The van der Waals surface area contributed by atoms with Crippen molar-refractivity contribution in [2.24, 2.45) is 5.10 Å². The molecule has 2 N–H and O–H groups in total. The van der Waals surface area contributed by atoms with Gasteiger partial charge in [-0.15, -0.1) is 11.3 Å². The molecule has 166 valence electrons. The highest BCUT2D eigenvalue weighted by Crippen LogP contribution is 2.46. The van der Waals surface area contributed by atoms with E-state index in [0.717, 1.165) is 35.3 Å². The average molecular weight is 547 g/mol. The number of hydrazone groups is 1. The quantitative estimate of drug-likeness (QED) is 0.521. The number of carbonyl (C=O) groups excluding carboxylic acids is 1. The molecule has 2 atom stereocenters. The largest absolute Gasteiger partial charge is 0.381 e. The first-order chi connectivity index (χ1) is 14.6. The Bertz CT molecular complexity index is 1040. The van der Waals surface area contributed by atoms with Gasteiger partial charge in [-0.1, -0.05) is 23.2 Å². The number of carbonyl (C=O) groups is 1. The van der Waals surface area contributed by atoms with Crippen LogP contribution >= 0.6 is 50.5 Å². The smallest absolute Gasteiger partial charge is 0.315 e. The molecule has 2 aliphatic rings. The van der Waals surface area contributed by atoms with E-state index in [1.54, 1.807) is 30.1 Å². The summed E-state index contributed by atoms with van der Waals surface area (Å²) in [6, 6.07) is 6.40. The predicted octanol–water partition coefficient (Wildman–Crippen LogP) is 5.15. The zero-order valence-electron chi connectivity index (χ0n) is 17.2. The van der Waals surface area contributed by atoms with E-state index in [2.05, 4.69) is 26.5 Å².